The number of hydrazine groups is 1. The van der Waals surface area contributed by atoms with Crippen molar-refractivity contribution in [3.8, 4) is 5.75 Å². The SMILES string of the molecule is NNC(N)=S.O=Cc1ccccc1O.[Co]. The smallest absolute Gasteiger partial charge is 0.177 e. The monoisotopic (exact) mass is 272 g/mol. The van der Waals surface area contributed by atoms with Crippen LogP contribution in [0.4, 0.5) is 0 Å². The number of phenolic OH excluding ortho intramolecular Hbond substituents is 1. The molecule has 1 rings (SSSR count). The summed E-state index contributed by atoms with van der Waals surface area (Å²) in [6.07, 6.45) is 0.620. The Bertz CT molecular complexity index is 323. The van der Waals surface area contributed by atoms with Gasteiger partial charge >= 0.3 is 0 Å². The van der Waals surface area contributed by atoms with Gasteiger partial charge in [-0.1, -0.05) is 12.1 Å². The summed E-state index contributed by atoms with van der Waals surface area (Å²) in [5.74, 6) is 4.69. The Balaban J connectivity index is 0. The van der Waals surface area contributed by atoms with E-state index >= 15 is 0 Å². The second kappa shape index (κ2) is 9.40. The Kier molecular flexibility index (Phi) is 10.2. The van der Waals surface area contributed by atoms with E-state index in [1.165, 1.54) is 6.07 Å². The summed E-state index contributed by atoms with van der Waals surface area (Å²) in [7, 11) is 0. The van der Waals surface area contributed by atoms with E-state index in [0.29, 0.717) is 11.8 Å². The molecule has 0 saturated heterocycles. The average Bonchev–Trinajstić information content (AvgIpc) is 2.19. The number of nitrogens with two attached hydrogens (primary N) is 2. The molecule has 0 bridgehead atoms. The molecule has 85 valence electrons. The van der Waals surface area contributed by atoms with E-state index in [2.05, 4.69) is 18.1 Å². The first-order valence-electron chi connectivity index (χ1n) is 3.61. The van der Waals surface area contributed by atoms with Crippen LogP contribution in [0.25, 0.3) is 0 Å². The van der Waals surface area contributed by atoms with Gasteiger partial charge in [-0.25, -0.2) is 5.84 Å². The standard InChI is InChI=1S/C7H6O2.CH5N3S.Co/c8-5-6-3-1-2-4-7(6)9;2-1(5)4-3;/h1-5,9H;3H2,(H3,2,4,5);. The number of hydrogen-bond acceptors (Lipinski definition) is 4. The maximum absolute atomic E-state index is 10.1. The van der Waals surface area contributed by atoms with E-state index in [4.69, 9.17) is 10.8 Å². The number of thiocarbonyl (C=S) groups is 1. The molecule has 1 aromatic rings. The third kappa shape index (κ3) is 7.88. The average molecular weight is 272 g/mol. The normalized spacial score (nSPS) is 7.53. The molecule has 0 unspecified atom stereocenters. The second-order valence-corrected chi connectivity index (χ2v) is 2.63. The topological polar surface area (TPSA) is 101 Å². The molecule has 0 fully saturated rings. The molecule has 0 atom stereocenters. The predicted molar refractivity (Wildman–Crippen MR) is 57.6 cm³/mol. The van der Waals surface area contributed by atoms with Crippen LogP contribution in [0.2, 0.25) is 0 Å². The van der Waals surface area contributed by atoms with Crippen molar-refractivity contribution in [3.63, 3.8) is 0 Å². The molecular formula is C8H11CoN3O2S. The van der Waals surface area contributed by atoms with Crippen molar-refractivity contribution in [1.29, 1.82) is 0 Å². The second-order valence-electron chi connectivity index (χ2n) is 2.19. The zero-order valence-electron chi connectivity index (χ0n) is 7.64. The molecule has 15 heavy (non-hydrogen) atoms. The van der Waals surface area contributed by atoms with Crippen LogP contribution in [0.15, 0.2) is 24.3 Å². The number of hydrogen-bond donors (Lipinski definition) is 4. The van der Waals surface area contributed by atoms with Crippen LogP contribution in [0.3, 0.4) is 0 Å². The number of benzene rings is 1. The zero-order valence-corrected chi connectivity index (χ0v) is 9.50. The molecule has 5 nitrogen and oxygen atoms in total. The summed E-state index contributed by atoms with van der Waals surface area (Å²) in [4.78, 5) is 10.1. The molecule has 0 spiro atoms. The van der Waals surface area contributed by atoms with Crippen molar-refractivity contribution < 1.29 is 26.7 Å². The Labute approximate surface area is 103 Å². The number of aldehydes is 1. The molecule has 1 aromatic carbocycles. The molecule has 0 saturated carbocycles. The number of phenols is 1. The van der Waals surface area contributed by atoms with Gasteiger partial charge in [-0.15, -0.1) is 0 Å². The maximum Gasteiger partial charge on any atom is 0.177 e. The number of para-hydroxylation sites is 1. The Morgan fingerprint density at radius 3 is 2.20 bits per heavy atom. The van der Waals surface area contributed by atoms with E-state index in [-0.39, 0.29) is 27.6 Å². The molecule has 0 aliphatic heterocycles. The fraction of sp³-hybridized carbons (Fsp3) is 0. The summed E-state index contributed by atoms with van der Waals surface area (Å²) in [5, 5.41) is 8.99. The zero-order chi connectivity index (χ0) is 11.0. The maximum atomic E-state index is 10.1. The minimum Gasteiger partial charge on any atom is -0.507 e. The van der Waals surface area contributed by atoms with Gasteiger partial charge in [0.15, 0.2) is 11.4 Å². The molecule has 0 aliphatic carbocycles. The van der Waals surface area contributed by atoms with Gasteiger partial charge in [0.2, 0.25) is 0 Å². The minimum atomic E-state index is 0. The summed E-state index contributed by atoms with van der Waals surface area (Å²) in [6.45, 7) is 0. The van der Waals surface area contributed by atoms with Crippen LogP contribution in [0, 0.1) is 0 Å². The van der Waals surface area contributed by atoms with Gasteiger partial charge in [-0.05, 0) is 24.4 Å². The van der Waals surface area contributed by atoms with Crippen LogP contribution in [-0.4, -0.2) is 16.5 Å². The summed E-state index contributed by atoms with van der Waals surface area (Å²) < 4.78 is 0. The van der Waals surface area contributed by atoms with E-state index in [1.54, 1.807) is 18.2 Å². The van der Waals surface area contributed by atoms with Crippen molar-refractivity contribution in [2.24, 2.45) is 11.6 Å². The number of carbonyl (C=O) groups is 1. The first-order chi connectivity index (χ1) is 6.61. The van der Waals surface area contributed by atoms with Crippen molar-refractivity contribution in [3.05, 3.63) is 29.8 Å². The van der Waals surface area contributed by atoms with E-state index in [1.807, 2.05) is 5.43 Å². The first-order valence-corrected chi connectivity index (χ1v) is 4.02. The number of carbonyl (C=O) groups excluding carboxylic acids is 1. The number of aromatic hydroxyl groups is 1. The van der Waals surface area contributed by atoms with Crippen LogP contribution in [0.5, 0.6) is 5.75 Å². The number of nitrogens with one attached hydrogen (secondary N) is 1. The predicted octanol–water partition coefficient (Wildman–Crippen LogP) is -0.104. The van der Waals surface area contributed by atoms with Gasteiger partial charge in [0.05, 0.1) is 5.56 Å². The van der Waals surface area contributed by atoms with Gasteiger partial charge in [0.1, 0.15) is 5.75 Å². The molecule has 1 radical (unpaired) electrons. The third-order valence-electron chi connectivity index (χ3n) is 1.21. The van der Waals surface area contributed by atoms with E-state index in [0.717, 1.165) is 0 Å². The van der Waals surface area contributed by atoms with Gasteiger partial charge in [0, 0.05) is 16.8 Å². The fourth-order valence-electron chi connectivity index (χ4n) is 0.587. The van der Waals surface area contributed by atoms with Crippen molar-refractivity contribution in [1.82, 2.24) is 5.43 Å². The molecule has 0 heterocycles. The Hall–Kier alpha value is -1.15. The van der Waals surface area contributed by atoms with Gasteiger partial charge in [-0.2, -0.15) is 0 Å². The van der Waals surface area contributed by atoms with Gasteiger partial charge < -0.3 is 16.3 Å². The quantitative estimate of drug-likeness (QED) is 0.246. The van der Waals surface area contributed by atoms with Crippen LogP contribution < -0.4 is 17.0 Å². The van der Waals surface area contributed by atoms with Crippen LogP contribution in [-0.2, 0) is 16.8 Å². The van der Waals surface area contributed by atoms with Crippen LogP contribution in [0.1, 0.15) is 10.4 Å². The third-order valence-corrected chi connectivity index (χ3v) is 1.32. The molecular weight excluding hydrogens is 261 g/mol. The summed E-state index contributed by atoms with van der Waals surface area (Å²) >= 11 is 4.24. The summed E-state index contributed by atoms with van der Waals surface area (Å²) in [6, 6.07) is 6.40. The Morgan fingerprint density at radius 1 is 1.47 bits per heavy atom. The number of rotatable bonds is 1. The van der Waals surface area contributed by atoms with Gasteiger partial charge in [0.25, 0.3) is 0 Å². The van der Waals surface area contributed by atoms with Crippen LogP contribution >= 0.6 is 12.2 Å². The molecule has 0 amide bonds. The van der Waals surface area contributed by atoms with E-state index in [9.17, 15) is 4.79 Å². The van der Waals surface area contributed by atoms with Gasteiger partial charge in [-0.3, -0.25) is 4.79 Å². The van der Waals surface area contributed by atoms with Crippen molar-refractivity contribution in [2.75, 3.05) is 0 Å². The molecule has 7 heteroatoms. The van der Waals surface area contributed by atoms with Crippen molar-refractivity contribution >= 4 is 23.6 Å². The van der Waals surface area contributed by atoms with E-state index < -0.39 is 0 Å². The van der Waals surface area contributed by atoms with Crippen molar-refractivity contribution in [2.45, 2.75) is 0 Å². The molecule has 0 aromatic heterocycles. The minimum absolute atomic E-state index is 0. The largest absolute Gasteiger partial charge is 0.507 e. The fourth-order valence-corrected chi connectivity index (χ4v) is 0.587. The Morgan fingerprint density at radius 2 is 1.93 bits per heavy atom. The molecule has 6 N–H and O–H groups in total. The summed E-state index contributed by atoms with van der Waals surface area (Å²) in [5.41, 5.74) is 7.16. The first kappa shape index (κ1) is 16.3. The molecule has 0 aliphatic rings.